The number of hydrogen-bond acceptors (Lipinski definition) is 2. The summed E-state index contributed by atoms with van der Waals surface area (Å²) in [6.07, 6.45) is 0. The summed E-state index contributed by atoms with van der Waals surface area (Å²) in [5.41, 5.74) is 1.31. The van der Waals surface area contributed by atoms with Crippen molar-refractivity contribution >= 4 is 17.6 Å². The highest BCUT2D eigenvalue weighted by Crippen LogP contribution is 2.30. The van der Waals surface area contributed by atoms with Crippen LogP contribution >= 0.6 is 11.6 Å². The van der Waals surface area contributed by atoms with Crippen LogP contribution in [-0.2, 0) is 13.7 Å². The Labute approximate surface area is 108 Å². The molecule has 4 nitrogen and oxygen atoms in total. The molecule has 0 aliphatic heterocycles. The molecule has 0 aliphatic rings. The van der Waals surface area contributed by atoms with Crippen LogP contribution < -0.4 is 0 Å². The molecule has 6 heteroatoms. The number of carboxylic acid groups (broad SMARTS) is 1. The Morgan fingerprint density at radius 3 is 2.83 bits per heavy atom. The largest absolute Gasteiger partial charge is 0.476 e. The first-order valence-electron chi connectivity index (χ1n) is 5.15. The highest BCUT2D eigenvalue weighted by molar-refractivity contribution is 6.31. The second-order valence-electron chi connectivity index (χ2n) is 3.74. The quantitative estimate of drug-likeness (QED) is 0.931. The highest BCUT2D eigenvalue weighted by atomic mass is 35.5. The summed E-state index contributed by atoms with van der Waals surface area (Å²) >= 11 is 5.92. The van der Waals surface area contributed by atoms with E-state index in [0.29, 0.717) is 21.8 Å². The van der Waals surface area contributed by atoms with Crippen molar-refractivity contribution in [3.63, 3.8) is 0 Å². The average molecular weight is 269 g/mol. The Kier molecular flexibility index (Phi) is 3.34. The molecule has 2 rings (SSSR count). The number of rotatable bonds is 3. The van der Waals surface area contributed by atoms with Crippen molar-refractivity contribution < 1.29 is 14.3 Å². The summed E-state index contributed by atoms with van der Waals surface area (Å²) in [6.45, 7) is -0.720. The van der Waals surface area contributed by atoms with Crippen LogP contribution in [0.4, 0.5) is 4.39 Å². The van der Waals surface area contributed by atoms with Gasteiger partial charge >= 0.3 is 5.97 Å². The Morgan fingerprint density at radius 2 is 2.28 bits per heavy atom. The van der Waals surface area contributed by atoms with E-state index in [1.807, 2.05) is 0 Å². The Morgan fingerprint density at radius 1 is 1.56 bits per heavy atom. The second-order valence-corrected chi connectivity index (χ2v) is 4.15. The van der Waals surface area contributed by atoms with E-state index in [4.69, 9.17) is 16.7 Å². The number of carboxylic acids is 1. The van der Waals surface area contributed by atoms with E-state index in [1.165, 1.54) is 10.7 Å². The van der Waals surface area contributed by atoms with Gasteiger partial charge in [0.15, 0.2) is 5.69 Å². The zero-order valence-corrected chi connectivity index (χ0v) is 10.3. The summed E-state index contributed by atoms with van der Waals surface area (Å²) in [5.74, 6) is -1.12. The molecular weight excluding hydrogens is 259 g/mol. The maximum Gasteiger partial charge on any atom is 0.356 e. The van der Waals surface area contributed by atoms with Crippen molar-refractivity contribution in [2.24, 2.45) is 7.05 Å². The van der Waals surface area contributed by atoms with Crippen LogP contribution in [0.3, 0.4) is 0 Å². The SMILES string of the molecule is Cn1nc(C(=O)O)cc1-c1cccc(Cl)c1CF. The third-order valence-electron chi connectivity index (χ3n) is 2.63. The maximum atomic E-state index is 13.0. The molecule has 0 unspecified atom stereocenters. The first kappa shape index (κ1) is 12.6. The predicted molar refractivity (Wildman–Crippen MR) is 65.4 cm³/mol. The van der Waals surface area contributed by atoms with E-state index < -0.39 is 12.6 Å². The standard InChI is InChI=1S/C12H10ClFN2O2/c1-16-11(5-10(15-16)12(17)18)7-3-2-4-9(13)8(7)6-14/h2-5H,6H2,1H3,(H,17,18). The average Bonchev–Trinajstić information content (AvgIpc) is 2.71. The first-order chi connectivity index (χ1) is 8.54. The third kappa shape index (κ3) is 2.09. The minimum Gasteiger partial charge on any atom is -0.476 e. The van der Waals surface area contributed by atoms with E-state index in [9.17, 15) is 9.18 Å². The van der Waals surface area contributed by atoms with Crippen LogP contribution in [0.25, 0.3) is 11.3 Å². The van der Waals surface area contributed by atoms with Crippen LogP contribution in [0.1, 0.15) is 16.1 Å². The molecular formula is C12H10ClFN2O2. The van der Waals surface area contributed by atoms with Crippen LogP contribution in [0.2, 0.25) is 5.02 Å². The molecule has 0 atom stereocenters. The molecule has 0 spiro atoms. The van der Waals surface area contributed by atoms with Crippen LogP contribution in [0.15, 0.2) is 24.3 Å². The van der Waals surface area contributed by atoms with Gasteiger partial charge < -0.3 is 5.11 Å². The molecule has 0 radical (unpaired) electrons. The number of benzene rings is 1. The van der Waals surface area contributed by atoms with Gasteiger partial charge in [0.1, 0.15) is 6.67 Å². The first-order valence-corrected chi connectivity index (χ1v) is 5.53. The van der Waals surface area contributed by atoms with Crippen LogP contribution in [0, 0.1) is 0 Å². The summed E-state index contributed by atoms with van der Waals surface area (Å²) in [4.78, 5) is 10.8. The molecule has 18 heavy (non-hydrogen) atoms. The molecule has 1 N–H and O–H groups in total. The van der Waals surface area contributed by atoms with Gasteiger partial charge in [-0.25, -0.2) is 9.18 Å². The molecule has 0 aliphatic carbocycles. The van der Waals surface area contributed by atoms with Crippen molar-refractivity contribution in [1.29, 1.82) is 0 Å². The van der Waals surface area contributed by atoms with Gasteiger partial charge in [-0.1, -0.05) is 23.7 Å². The van der Waals surface area contributed by atoms with E-state index in [2.05, 4.69) is 5.10 Å². The van der Waals surface area contributed by atoms with Crippen LogP contribution in [0.5, 0.6) is 0 Å². The molecule has 94 valence electrons. The van der Waals surface area contributed by atoms with E-state index in [0.717, 1.165) is 0 Å². The molecule has 1 aromatic heterocycles. The summed E-state index contributed by atoms with van der Waals surface area (Å²) < 4.78 is 14.4. The maximum absolute atomic E-state index is 13.0. The van der Waals surface area contributed by atoms with Gasteiger partial charge in [0, 0.05) is 23.2 Å². The molecule has 2 aromatic rings. The fourth-order valence-corrected chi connectivity index (χ4v) is 1.98. The van der Waals surface area contributed by atoms with Gasteiger partial charge in [0.25, 0.3) is 0 Å². The van der Waals surface area contributed by atoms with Crippen molar-refractivity contribution in [3.05, 3.63) is 40.5 Å². The lowest BCUT2D eigenvalue weighted by atomic mass is 10.0. The Hall–Kier alpha value is -1.88. The topological polar surface area (TPSA) is 55.1 Å². The van der Waals surface area contributed by atoms with Crippen molar-refractivity contribution in [3.8, 4) is 11.3 Å². The Balaban J connectivity index is 2.62. The third-order valence-corrected chi connectivity index (χ3v) is 2.98. The number of nitrogens with zero attached hydrogens (tertiary/aromatic N) is 2. The molecule has 0 fully saturated rings. The number of alkyl halides is 1. The smallest absolute Gasteiger partial charge is 0.356 e. The molecule has 0 saturated heterocycles. The lowest BCUT2D eigenvalue weighted by Gasteiger charge is -2.08. The lowest BCUT2D eigenvalue weighted by Crippen LogP contribution is -1.99. The summed E-state index contributed by atoms with van der Waals surface area (Å²) in [6, 6.07) is 6.36. The Bertz CT molecular complexity index is 610. The van der Waals surface area contributed by atoms with E-state index in [1.54, 1.807) is 25.2 Å². The van der Waals surface area contributed by atoms with Gasteiger partial charge in [0.2, 0.25) is 0 Å². The number of hydrogen-bond donors (Lipinski definition) is 1. The summed E-state index contributed by atoms with van der Waals surface area (Å²) in [5, 5.41) is 13.0. The molecule has 1 heterocycles. The van der Waals surface area contributed by atoms with Crippen molar-refractivity contribution in [2.45, 2.75) is 6.67 Å². The minimum absolute atomic E-state index is 0.0858. The zero-order valence-electron chi connectivity index (χ0n) is 9.52. The number of aromatic nitrogens is 2. The normalized spacial score (nSPS) is 10.6. The van der Waals surface area contributed by atoms with Gasteiger partial charge in [0.05, 0.1) is 5.69 Å². The molecule has 0 saturated carbocycles. The highest BCUT2D eigenvalue weighted by Gasteiger charge is 2.16. The van der Waals surface area contributed by atoms with E-state index >= 15 is 0 Å². The second kappa shape index (κ2) is 4.78. The number of aromatic carboxylic acids is 1. The fraction of sp³-hybridized carbons (Fsp3) is 0.167. The zero-order chi connectivity index (χ0) is 13.3. The van der Waals surface area contributed by atoms with Crippen molar-refractivity contribution in [2.75, 3.05) is 0 Å². The number of aryl methyl sites for hydroxylation is 1. The van der Waals surface area contributed by atoms with Crippen LogP contribution in [-0.4, -0.2) is 20.9 Å². The molecule has 0 bridgehead atoms. The molecule has 1 aromatic carbocycles. The van der Waals surface area contributed by atoms with Crippen molar-refractivity contribution in [1.82, 2.24) is 9.78 Å². The lowest BCUT2D eigenvalue weighted by molar-refractivity contribution is 0.0689. The minimum atomic E-state index is -1.12. The summed E-state index contributed by atoms with van der Waals surface area (Å²) in [7, 11) is 1.60. The monoisotopic (exact) mass is 268 g/mol. The van der Waals surface area contributed by atoms with Gasteiger partial charge in [-0.3, -0.25) is 4.68 Å². The number of halogens is 2. The fourth-order valence-electron chi connectivity index (χ4n) is 1.76. The van der Waals surface area contributed by atoms with Gasteiger partial charge in [-0.2, -0.15) is 5.10 Å². The van der Waals surface area contributed by atoms with E-state index in [-0.39, 0.29) is 5.69 Å². The van der Waals surface area contributed by atoms with Gasteiger partial charge in [-0.15, -0.1) is 0 Å². The number of carbonyl (C=O) groups is 1. The van der Waals surface area contributed by atoms with Gasteiger partial charge in [-0.05, 0) is 12.1 Å². The molecule has 0 amide bonds. The predicted octanol–water partition coefficient (Wildman–Crippen LogP) is 2.91.